The summed E-state index contributed by atoms with van der Waals surface area (Å²) < 4.78 is 23.2. The molecule has 31 heavy (non-hydrogen) atoms. The quantitative estimate of drug-likeness (QED) is 0.563. The van der Waals surface area contributed by atoms with E-state index in [1.165, 1.54) is 29.2 Å². The Morgan fingerprint density at radius 2 is 1.68 bits per heavy atom. The van der Waals surface area contributed by atoms with Crippen LogP contribution in [0.2, 0.25) is 0 Å². The number of hydrogen-bond donors (Lipinski definition) is 2. The Bertz CT molecular complexity index is 872. The van der Waals surface area contributed by atoms with Crippen molar-refractivity contribution in [1.82, 2.24) is 5.32 Å². The molecule has 9 heteroatoms. The number of esters is 1. The van der Waals surface area contributed by atoms with Crippen molar-refractivity contribution in [3.63, 3.8) is 0 Å². The largest absolute Gasteiger partial charge is 0.497 e. The molecule has 0 aliphatic rings. The SMILES string of the molecule is CCOC(=O)CCC(=O)NCCN(C(=O)Nc1ccc(OC)cc1)c1ccc(F)cc1. The minimum absolute atomic E-state index is 0.00652. The number of nitrogens with zero attached hydrogens (tertiary/aromatic N) is 1. The first-order valence-corrected chi connectivity index (χ1v) is 9.83. The lowest BCUT2D eigenvalue weighted by Gasteiger charge is -2.23. The van der Waals surface area contributed by atoms with Gasteiger partial charge in [-0.3, -0.25) is 14.5 Å². The minimum atomic E-state index is -0.447. The first kappa shape index (κ1) is 23.7. The molecule has 0 unspecified atom stereocenters. The molecule has 0 bridgehead atoms. The van der Waals surface area contributed by atoms with Gasteiger partial charge in [0.25, 0.3) is 0 Å². The zero-order valence-corrected chi connectivity index (χ0v) is 17.5. The van der Waals surface area contributed by atoms with Crippen molar-refractivity contribution in [3.05, 3.63) is 54.3 Å². The number of rotatable bonds is 10. The molecule has 0 fully saturated rings. The zero-order valence-electron chi connectivity index (χ0n) is 17.5. The molecule has 8 nitrogen and oxygen atoms in total. The summed E-state index contributed by atoms with van der Waals surface area (Å²) in [5.41, 5.74) is 1.02. The van der Waals surface area contributed by atoms with Gasteiger partial charge in [0.05, 0.1) is 20.1 Å². The number of ether oxygens (including phenoxy) is 2. The number of amides is 3. The van der Waals surface area contributed by atoms with Gasteiger partial charge in [0, 0.05) is 30.9 Å². The van der Waals surface area contributed by atoms with Gasteiger partial charge in [-0.2, -0.15) is 0 Å². The van der Waals surface area contributed by atoms with Gasteiger partial charge in [-0.05, 0) is 55.5 Å². The number of benzene rings is 2. The molecule has 0 spiro atoms. The van der Waals surface area contributed by atoms with Crippen molar-refractivity contribution in [3.8, 4) is 5.75 Å². The van der Waals surface area contributed by atoms with Gasteiger partial charge < -0.3 is 20.1 Å². The molecule has 0 aliphatic heterocycles. The summed E-state index contributed by atoms with van der Waals surface area (Å²) in [6.45, 7) is 2.24. The number of methoxy groups -OCH3 is 1. The summed E-state index contributed by atoms with van der Waals surface area (Å²) in [6.07, 6.45) is -0.0211. The van der Waals surface area contributed by atoms with Crippen LogP contribution in [-0.4, -0.2) is 44.7 Å². The molecule has 0 heterocycles. The maximum atomic E-state index is 13.3. The van der Waals surface area contributed by atoms with Crippen LogP contribution in [0.4, 0.5) is 20.6 Å². The van der Waals surface area contributed by atoms with E-state index in [9.17, 15) is 18.8 Å². The van der Waals surface area contributed by atoms with Gasteiger partial charge in [-0.15, -0.1) is 0 Å². The molecule has 2 rings (SSSR count). The van der Waals surface area contributed by atoms with E-state index < -0.39 is 17.8 Å². The normalized spacial score (nSPS) is 10.2. The Kier molecular flexibility index (Phi) is 9.28. The third kappa shape index (κ3) is 7.96. The van der Waals surface area contributed by atoms with Gasteiger partial charge >= 0.3 is 12.0 Å². The average Bonchev–Trinajstić information content (AvgIpc) is 2.77. The highest BCUT2D eigenvalue weighted by molar-refractivity contribution is 6.01. The highest BCUT2D eigenvalue weighted by Crippen LogP contribution is 2.19. The van der Waals surface area contributed by atoms with Crippen molar-refractivity contribution in [2.75, 3.05) is 37.0 Å². The second-order valence-corrected chi connectivity index (χ2v) is 6.44. The molecule has 0 radical (unpaired) electrons. The smallest absolute Gasteiger partial charge is 0.326 e. The van der Waals surface area contributed by atoms with E-state index in [-0.39, 0.29) is 38.4 Å². The molecule has 0 aromatic heterocycles. The second-order valence-electron chi connectivity index (χ2n) is 6.44. The Balaban J connectivity index is 1.98. The molecule has 0 saturated heterocycles. The lowest BCUT2D eigenvalue weighted by atomic mass is 10.2. The molecule has 0 saturated carbocycles. The first-order valence-electron chi connectivity index (χ1n) is 9.83. The fourth-order valence-corrected chi connectivity index (χ4v) is 2.68. The molecule has 0 atom stereocenters. The number of hydrogen-bond acceptors (Lipinski definition) is 5. The van der Waals surface area contributed by atoms with Crippen LogP contribution in [0.1, 0.15) is 19.8 Å². The summed E-state index contributed by atoms with van der Waals surface area (Å²) in [5.74, 6) is -0.544. The Morgan fingerprint density at radius 3 is 2.29 bits per heavy atom. The van der Waals surface area contributed by atoms with Crippen LogP contribution in [0.3, 0.4) is 0 Å². The molecule has 2 N–H and O–H groups in total. The summed E-state index contributed by atoms with van der Waals surface area (Å²) in [6, 6.07) is 11.8. The maximum absolute atomic E-state index is 13.3. The molecule has 0 aliphatic carbocycles. The Hall–Kier alpha value is -3.62. The lowest BCUT2D eigenvalue weighted by molar-refractivity contribution is -0.144. The standard InChI is InChI=1S/C22H26FN3O5/c1-3-31-21(28)13-12-20(27)24-14-15-26(18-8-4-16(23)5-9-18)22(29)25-17-6-10-19(30-2)11-7-17/h4-11H,3,12-15H2,1-2H3,(H,24,27)(H,25,29). The molecular weight excluding hydrogens is 405 g/mol. The van der Waals surface area contributed by atoms with Gasteiger partial charge in [0.15, 0.2) is 0 Å². The fraction of sp³-hybridized carbons (Fsp3) is 0.318. The molecule has 3 amide bonds. The van der Waals surface area contributed by atoms with Gasteiger partial charge in [-0.25, -0.2) is 9.18 Å². The monoisotopic (exact) mass is 431 g/mol. The lowest BCUT2D eigenvalue weighted by Crippen LogP contribution is -2.41. The van der Waals surface area contributed by atoms with Crippen molar-refractivity contribution in [2.45, 2.75) is 19.8 Å². The Labute approximate surface area is 180 Å². The van der Waals surface area contributed by atoms with Gasteiger partial charge in [-0.1, -0.05) is 0 Å². The molecular formula is C22H26FN3O5. The van der Waals surface area contributed by atoms with Crippen LogP contribution in [0.25, 0.3) is 0 Å². The topological polar surface area (TPSA) is 97.0 Å². The number of carbonyl (C=O) groups excluding carboxylic acids is 3. The van der Waals surface area contributed by atoms with Crippen molar-refractivity contribution in [2.24, 2.45) is 0 Å². The second kappa shape index (κ2) is 12.2. The van der Waals surface area contributed by atoms with E-state index in [0.29, 0.717) is 17.1 Å². The Morgan fingerprint density at radius 1 is 1.00 bits per heavy atom. The third-order valence-electron chi connectivity index (χ3n) is 4.24. The van der Waals surface area contributed by atoms with Crippen molar-refractivity contribution < 1.29 is 28.2 Å². The average molecular weight is 431 g/mol. The van der Waals surface area contributed by atoms with Crippen molar-refractivity contribution in [1.29, 1.82) is 0 Å². The van der Waals surface area contributed by atoms with Crippen molar-refractivity contribution >= 4 is 29.3 Å². The zero-order chi connectivity index (χ0) is 22.6. The van der Waals surface area contributed by atoms with E-state index >= 15 is 0 Å². The summed E-state index contributed by atoms with van der Waals surface area (Å²) in [7, 11) is 1.55. The van der Waals surface area contributed by atoms with Crippen LogP contribution in [0, 0.1) is 5.82 Å². The van der Waals surface area contributed by atoms with Gasteiger partial charge in [0.1, 0.15) is 11.6 Å². The van der Waals surface area contributed by atoms with Crippen LogP contribution in [0.15, 0.2) is 48.5 Å². The summed E-state index contributed by atoms with van der Waals surface area (Å²) in [4.78, 5) is 37.5. The van der Waals surface area contributed by atoms with Crippen LogP contribution >= 0.6 is 0 Å². The van der Waals surface area contributed by atoms with E-state index in [2.05, 4.69) is 10.6 Å². The van der Waals surface area contributed by atoms with E-state index in [1.54, 1.807) is 38.3 Å². The molecule has 2 aromatic rings. The predicted molar refractivity (Wildman–Crippen MR) is 115 cm³/mol. The summed E-state index contributed by atoms with van der Waals surface area (Å²) in [5, 5.41) is 5.43. The minimum Gasteiger partial charge on any atom is -0.497 e. The number of halogens is 1. The fourth-order valence-electron chi connectivity index (χ4n) is 2.68. The number of anilines is 2. The first-order chi connectivity index (χ1) is 14.9. The van der Waals surface area contributed by atoms with Crippen LogP contribution < -0.4 is 20.3 Å². The van der Waals surface area contributed by atoms with Crippen LogP contribution in [0.5, 0.6) is 5.75 Å². The van der Waals surface area contributed by atoms with Gasteiger partial charge in [0.2, 0.25) is 5.91 Å². The number of nitrogens with one attached hydrogen (secondary N) is 2. The number of urea groups is 1. The molecule has 166 valence electrons. The van der Waals surface area contributed by atoms with Crippen LogP contribution in [-0.2, 0) is 14.3 Å². The third-order valence-corrected chi connectivity index (χ3v) is 4.24. The number of carbonyl (C=O) groups is 3. The molecule has 2 aromatic carbocycles. The van der Waals surface area contributed by atoms with E-state index in [1.807, 2.05) is 0 Å². The maximum Gasteiger partial charge on any atom is 0.326 e. The van der Waals surface area contributed by atoms with E-state index in [4.69, 9.17) is 9.47 Å². The highest BCUT2D eigenvalue weighted by Gasteiger charge is 2.17. The predicted octanol–water partition coefficient (Wildman–Crippen LogP) is 3.33. The van der Waals surface area contributed by atoms with E-state index in [0.717, 1.165) is 0 Å². The summed E-state index contributed by atoms with van der Waals surface area (Å²) >= 11 is 0. The highest BCUT2D eigenvalue weighted by atomic mass is 19.1.